The molecule has 2 heterocycles. The number of aliphatic hydroxyl groups is 2. The number of nitrogens with two attached hydrogens (primary N) is 2. The van der Waals surface area contributed by atoms with E-state index in [1.807, 2.05) is 31.2 Å². The number of Topliss-reactive ketones (excluding diaryl/α,β-unsaturated/α-hetero) is 1. The molecule has 1 saturated carbocycles. The number of nitrogens with one attached hydrogen (secondary N) is 1. The highest BCUT2D eigenvalue weighted by molar-refractivity contribution is 8.76. The first-order chi connectivity index (χ1) is 33.3. The van der Waals surface area contributed by atoms with Crippen LogP contribution in [0.4, 0.5) is 0 Å². The molecule has 362 valence electrons. The van der Waals surface area contributed by atoms with E-state index in [1.165, 1.54) is 5.56 Å². The molecule has 2 aliphatic carbocycles. The quantitative estimate of drug-likeness (QED) is 0.0423. The summed E-state index contributed by atoms with van der Waals surface area (Å²) < 4.78 is 6.16. The van der Waals surface area contributed by atoms with Crippen molar-refractivity contribution in [2.24, 2.45) is 28.7 Å². The Hall–Kier alpha value is -5.26. The number of aromatic amines is 1. The lowest BCUT2D eigenvalue weighted by Gasteiger charge is -2.29. The van der Waals surface area contributed by atoms with Crippen molar-refractivity contribution in [1.82, 2.24) is 4.98 Å². The molecule has 8 rings (SSSR count). The Bertz CT molecular complexity index is 2690. The number of H-pyrrole nitrogens is 1. The zero-order valence-electron chi connectivity index (χ0n) is 39.4. The average Bonchev–Trinajstić information content (AvgIpc) is 3.94. The number of carbonyl (C=O) groups is 2. The fourth-order valence-electron chi connectivity index (χ4n) is 10.5. The van der Waals surface area contributed by atoms with Gasteiger partial charge in [0.1, 0.15) is 5.75 Å². The van der Waals surface area contributed by atoms with Gasteiger partial charge in [0.25, 0.3) is 0 Å². The maximum Gasteiger partial charge on any atom is 0.165 e. The SMILES string of the molecule is C[C@H](O)C[C@H](CCc1ccccc1)CC[C@@]12/C=C/C(=O)CCc3ccc(O)c(c3)OCCc3ccc(O)c(c3)[C@@H]3CC(=O)c4cc[nH]c4CC#Cc4cc(C(N)N)c(cc43)CSSC[C@H](C1)[C@H](O)C2. The van der Waals surface area contributed by atoms with Gasteiger partial charge in [0.2, 0.25) is 0 Å². The van der Waals surface area contributed by atoms with E-state index in [9.17, 15) is 30.0 Å². The van der Waals surface area contributed by atoms with Crippen LogP contribution in [0.2, 0.25) is 0 Å². The molecule has 8 bridgehead atoms. The number of benzene rings is 4. The van der Waals surface area contributed by atoms with E-state index in [-0.39, 0.29) is 54.3 Å². The molecule has 0 saturated heterocycles. The van der Waals surface area contributed by atoms with Crippen molar-refractivity contribution < 1.29 is 34.8 Å². The van der Waals surface area contributed by atoms with E-state index in [2.05, 4.69) is 53.2 Å². The van der Waals surface area contributed by atoms with Crippen LogP contribution < -0.4 is 16.2 Å². The highest BCUT2D eigenvalue weighted by Crippen LogP contribution is 2.50. The number of aliphatic hydroxyl groups excluding tert-OH is 2. The smallest absolute Gasteiger partial charge is 0.165 e. The number of hydrogen-bond acceptors (Lipinski definition) is 11. The summed E-state index contributed by atoms with van der Waals surface area (Å²) in [5, 5.41) is 44.7. The predicted molar refractivity (Wildman–Crippen MR) is 276 cm³/mol. The molecular formula is C57H65N3O7S2. The lowest BCUT2D eigenvalue weighted by molar-refractivity contribution is -0.114. The maximum absolute atomic E-state index is 14.2. The van der Waals surface area contributed by atoms with Gasteiger partial charge < -0.3 is 41.6 Å². The van der Waals surface area contributed by atoms with Gasteiger partial charge in [-0.05, 0) is 145 Å². The van der Waals surface area contributed by atoms with Crippen LogP contribution in [0.3, 0.4) is 0 Å². The van der Waals surface area contributed by atoms with Crippen LogP contribution in [-0.2, 0) is 36.2 Å². The van der Waals surface area contributed by atoms with E-state index in [4.69, 9.17) is 16.2 Å². The molecule has 10 nitrogen and oxygen atoms in total. The Morgan fingerprint density at radius 2 is 1.70 bits per heavy atom. The lowest BCUT2D eigenvalue weighted by atomic mass is 9.76. The van der Waals surface area contributed by atoms with Gasteiger partial charge in [-0.3, -0.25) is 9.59 Å². The van der Waals surface area contributed by atoms with Gasteiger partial charge in [0.15, 0.2) is 23.1 Å². The van der Waals surface area contributed by atoms with Gasteiger partial charge in [-0.15, -0.1) is 0 Å². The topological polar surface area (TPSA) is 192 Å². The molecule has 4 aromatic carbocycles. The summed E-state index contributed by atoms with van der Waals surface area (Å²) in [6, 6.07) is 26.8. The van der Waals surface area contributed by atoms with Crippen LogP contribution in [0.25, 0.3) is 0 Å². The first kappa shape index (κ1) is 50.1. The molecule has 1 aromatic heterocycles. The fraction of sp³-hybridized carbons (Fsp3) is 0.404. The van der Waals surface area contributed by atoms with Crippen LogP contribution in [-0.4, -0.2) is 61.5 Å². The number of hydrogen-bond donors (Lipinski definition) is 7. The Morgan fingerprint density at radius 3 is 2.49 bits per heavy atom. The minimum absolute atomic E-state index is 0.00626. The molecule has 3 aliphatic rings. The number of ketones is 2. The Morgan fingerprint density at radius 1 is 0.899 bits per heavy atom. The highest BCUT2D eigenvalue weighted by Gasteiger charge is 2.43. The molecule has 1 fully saturated rings. The summed E-state index contributed by atoms with van der Waals surface area (Å²) in [5.41, 5.74) is 20.6. The van der Waals surface area contributed by atoms with Crippen molar-refractivity contribution in [3.05, 3.63) is 159 Å². The summed E-state index contributed by atoms with van der Waals surface area (Å²) in [6.45, 7) is 2.07. The van der Waals surface area contributed by atoms with Gasteiger partial charge in [0, 0.05) is 65.3 Å². The van der Waals surface area contributed by atoms with Gasteiger partial charge in [-0.2, -0.15) is 0 Å². The van der Waals surface area contributed by atoms with Crippen LogP contribution >= 0.6 is 21.6 Å². The third-order valence-corrected chi connectivity index (χ3v) is 16.7. The molecular weight excluding hydrogens is 903 g/mol. The van der Waals surface area contributed by atoms with E-state index in [1.54, 1.807) is 64.2 Å². The molecule has 0 amide bonds. The minimum atomic E-state index is -0.798. The molecule has 6 atom stereocenters. The second-order valence-electron chi connectivity index (χ2n) is 19.4. The van der Waals surface area contributed by atoms with Crippen molar-refractivity contribution in [2.45, 2.75) is 114 Å². The monoisotopic (exact) mass is 967 g/mol. The van der Waals surface area contributed by atoms with Gasteiger partial charge in [0.05, 0.1) is 31.4 Å². The van der Waals surface area contributed by atoms with Crippen LogP contribution in [0.5, 0.6) is 17.2 Å². The maximum atomic E-state index is 14.2. The number of fused-ring (bicyclic) bond motifs is 9. The molecule has 12 heteroatoms. The first-order valence-electron chi connectivity index (χ1n) is 24.3. The molecule has 1 aliphatic heterocycles. The summed E-state index contributed by atoms with van der Waals surface area (Å²) in [4.78, 5) is 31.1. The molecule has 5 aromatic rings. The van der Waals surface area contributed by atoms with Crippen molar-refractivity contribution in [1.29, 1.82) is 0 Å². The zero-order chi connectivity index (χ0) is 48.5. The number of phenols is 2. The number of carbonyl (C=O) groups excluding carboxylic acids is 2. The average molecular weight is 968 g/mol. The number of ether oxygens (including phenoxy) is 1. The minimum Gasteiger partial charge on any atom is -0.508 e. The standard InChI is InChI=1S/C57H65N3O7S2/c1-36(61)26-39(11-10-37-6-3-2-4-7-37)18-22-57-23-19-44(62)15-12-38-14-17-52(64)55(28-38)67-25-21-40-13-16-51(63)49(27-40)48-31-53(65)45-20-24-60-50(45)9-5-8-41-29-47(56(58)59)42(30-46(41)48)34-68-69-35-43(32-57)54(66)33-57/h2-4,6-7,13-14,16-17,19-20,23-24,27-30,36,39,43,48,54,56,60-61,63-64,66H,9-12,15,18,21-22,25-26,31-35,58-59H2,1H3/b23-19+/t36-,39+,43-,48+,54+,57+/m0/s1. The van der Waals surface area contributed by atoms with Gasteiger partial charge >= 0.3 is 0 Å². The van der Waals surface area contributed by atoms with Crippen LogP contribution in [0.15, 0.2) is 103 Å². The van der Waals surface area contributed by atoms with Crippen molar-refractivity contribution in [3.63, 3.8) is 0 Å². The number of phenolic OH excluding ortho intramolecular Hbond substituents is 2. The first-order valence-corrected chi connectivity index (χ1v) is 26.8. The molecule has 0 radical (unpaired) electrons. The van der Waals surface area contributed by atoms with Crippen LogP contribution in [0.1, 0.15) is 131 Å². The van der Waals surface area contributed by atoms with Gasteiger partial charge in [-0.1, -0.05) is 94.1 Å². The summed E-state index contributed by atoms with van der Waals surface area (Å²) in [5.74, 6) is 7.83. The molecule has 0 spiro atoms. The zero-order valence-corrected chi connectivity index (χ0v) is 41.0. The highest BCUT2D eigenvalue weighted by atomic mass is 33.1. The third kappa shape index (κ3) is 12.9. The number of aromatic hydroxyl groups is 2. The number of rotatable bonds is 9. The molecule has 0 unspecified atom stereocenters. The van der Waals surface area contributed by atoms with Crippen molar-refractivity contribution in [3.8, 4) is 29.1 Å². The third-order valence-electron chi connectivity index (χ3n) is 14.3. The fourth-order valence-corrected chi connectivity index (χ4v) is 13.0. The van der Waals surface area contributed by atoms with E-state index in [0.29, 0.717) is 66.0 Å². The Balaban J connectivity index is 1.12. The Labute approximate surface area is 414 Å². The summed E-state index contributed by atoms with van der Waals surface area (Å²) in [7, 11) is 3.35. The van der Waals surface area contributed by atoms with Crippen molar-refractivity contribution in [2.75, 3.05) is 12.4 Å². The lowest BCUT2D eigenvalue weighted by Crippen LogP contribution is -2.22. The largest absolute Gasteiger partial charge is 0.508 e. The normalized spacial score (nSPS) is 22.5. The van der Waals surface area contributed by atoms with E-state index >= 15 is 0 Å². The second kappa shape index (κ2) is 23.1. The molecule has 9 N–H and O–H groups in total. The molecule has 69 heavy (non-hydrogen) atoms. The number of aryl methyl sites for hydroxylation is 2. The number of allylic oxidation sites excluding steroid dienone is 2. The van der Waals surface area contributed by atoms with E-state index < -0.39 is 29.7 Å². The Kier molecular flexibility index (Phi) is 16.8. The summed E-state index contributed by atoms with van der Waals surface area (Å²) >= 11 is 0. The van der Waals surface area contributed by atoms with Gasteiger partial charge in [-0.25, -0.2) is 0 Å². The number of aromatic nitrogens is 1. The van der Waals surface area contributed by atoms with Crippen molar-refractivity contribution >= 4 is 33.2 Å². The van der Waals surface area contributed by atoms with Crippen LogP contribution in [0, 0.1) is 29.1 Å². The predicted octanol–water partition coefficient (Wildman–Crippen LogP) is 9.79. The summed E-state index contributed by atoms with van der Waals surface area (Å²) in [6.07, 6.45) is 10.8. The second-order valence-corrected chi connectivity index (χ2v) is 22.0. The van der Waals surface area contributed by atoms with E-state index in [0.717, 1.165) is 65.6 Å².